The summed E-state index contributed by atoms with van der Waals surface area (Å²) in [5.41, 5.74) is 7.57. The Morgan fingerprint density at radius 1 is 0.970 bits per heavy atom. The molecule has 4 aromatic rings. The predicted molar refractivity (Wildman–Crippen MR) is 131 cm³/mol. The average Bonchev–Trinajstić information content (AvgIpc) is 3.15. The highest BCUT2D eigenvalue weighted by Gasteiger charge is 2.27. The second kappa shape index (κ2) is 8.10. The van der Waals surface area contributed by atoms with E-state index in [0.29, 0.717) is 5.56 Å². The van der Waals surface area contributed by atoms with E-state index in [2.05, 4.69) is 28.2 Å². The van der Waals surface area contributed by atoms with E-state index in [4.69, 9.17) is 9.72 Å². The lowest BCUT2D eigenvalue weighted by molar-refractivity contribution is 0.414. The summed E-state index contributed by atoms with van der Waals surface area (Å²) in [5.74, 6) is 0.824. The highest BCUT2D eigenvalue weighted by atomic mass is 16.5. The number of methoxy groups -OCH3 is 1. The second-order valence-corrected chi connectivity index (χ2v) is 9.02. The number of nitrogens with one attached hydrogen (secondary N) is 1. The zero-order valence-electron chi connectivity index (χ0n) is 18.9. The number of aryl methyl sites for hydroxylation is 2. The van der Waals surface area contributed by atoms with Gasteiger partial charge in [0.1, 0.15) is 11.4 Å². The molecule has 2 aliphatic rings. The van der Waals surface area contributed by atoms with E-state index in [-0.39, 0.29) is 5.56 Å². The number of H-pyrrole nitrogens is 1. The van der Waals surface area contributed by atoms with E-state index >= 15 is 0 Å². The quantitative estimate of drug-likeness (QED) is 0.495. The van der Waals surface area contributed by atoms with Gasteiger partial charge in [-0.1, -0.05) is 36.4 Å². The van der Waals surface area contributed by atoms with Gasteiger partial charge in [0.15, 0.2) is 5.65 Å². The highest BCUT2D eigenvalue weighted by Crippen LogP contribution is 2.37. The number of aromatic nitrogens is 3. The topological polar surface area (TPSA) is 62.6 Å². The van der Waals surface area contributed by atoms with Gasteiger partial charge in [-0.2, -0.15) is 4.52 Å². The first-order valence-corrected chi connectivity index (χ1v) is 11.9. The number of aromatic amines is 1. The summed E-state index contributed by atoms with van der Waals surface area (Å²) in [4.78, 5) is 21.5. The minimum Gasteiger partial charge on any atom is -0.497 e. The van der Waals surface area contributed by atoms with Crippen LogP contribution in [-0.4, -0.2) is 34.8 Å². The normalized spacial score (nSPS) is 15.7. The smallest absolute Gasteiger partial charge is 0.280 e. The van der Waals surface area contributed by atoms with Crippen LogP contribution in [0.3, 0.4) is 0 Å². The lowest BCUT2D eigenvalue weighted by Gasteiger charge is -2.28. The van der Waals surface area contributed by atoms with E-state index in [1.807, 2.05) is 30.3 Å². The van der Waals surface area contributed by atoms with Crippen LogP contribution in [0.15, 0.2) is 53.3 Å². The van der Waals surface area contributed by atoms with Gasteiger partial charge in [-0.15, -0.1) is 0 Å². The number of hydrogen-bond acceptors (Lipinski definition) is 4. The van der Waals surface area contributed by atoms with Gasteiger partial charge < -0.3 is 9.64 Å². The fourth-order valence-electron chi connectivity index (χ4n) is 5.37. The van der Waals surface area contributed by atoms with Gasteiger partial charge in [-0.25, -0.2) is 4.98 Å². The number of anilines is 1. The molecule has 6 rings (SSSR count). The fraction of sp³-hybridized carbons (Fsp3) is 0.333. The molecule has 2 aromatic heterocycles. The molecule has 0 saturated carbocycles. The van der Waals surface area contributed by atoms with Crippen molar-refractivity contribution in [2.75, 3.05) is 25.1 Å². The summed E-state index contributed by atoms with van der Waals surface area (Å²) in [6.07, 6.45) is 6.25. The Labute approximate surface area is 192 Å². The van der Waals surface area contributed by atoms with Gasteiger partial charge in [0, 0.05) is 18.7 Å². The number of piperidine rings is 1. The van der Waals surface area contributed by atoms with Crippen LogP contribution in [-0.2, 0) is 12.8 Å². The Morgan fingerprint density at radius 3 is 2.58 bits per heavy atom. The molecule has 1 fully saturated rings. The molecule has 0 amide bonds. The van der Waals surface area contributed by atoms with Crippen molar-refractivity contribution in [3.05, 3.63) is 70.1 Å². The van der Waals surface area contributed by atoms with E-state index in [1.54, 1.807) is 11.6 Å². The number of ether oxygens (including phenoxy) is 1. The lowest BCUT2D eigenvalue weighted by atomic mass is 9.99. The van der Waals surface area contributed by atoms with Crippen molar-refractivity contribution in [1.82, 2.24) is 14.6 Å². The highest BCUT2D eigenvalue weighted by molar-refractivity contribution is 5.87. The SMILES string of the molecule is COc1ccc2c(c1)CCCc1nc3c(N4CCCCC4)c(-c4ccccc4)[nH]n3c(=O)c1-2. The molecule has 0 atom stereocenters. The van der Waals surface area contributed by atoms with Crippen molar-refractivity contribution >= 4 is 11.3 Å². The van der Waals surface area contributed by atoms with Crippen LogP contribution >= 0.6 is 0 Å². The molecule has 168 valence electrons. The minimum atomic E-state index is -0.0243. The fourth-order valence-corrected chi connectivity index (χ4v) is 5.37. The summed E-state index contributed by atoms with van der Waals surface area (Å²) in [6.45, 7) is 1.98. The molecule has 0 unspecified atom stereocenters. The van der Waals surface area contributed by atoms with Crippen LogP contribution in [0.25, 0.3) is 28.0 Å². The first kappa shape index (κ1) is 20.1. The van der Waals surface area contributed by atoms with E-state index in [9.17, 15) is 4.79 Å². The molecule has 6 heteroatoms. The number of hydrogen-bond donors (Lipinski definition) is 1. The van der Waals surface area contributed by atoms with Crippen molar-refractivity contribution in [2.24, 2.45) is 0 Å². The molecule has 0 radical (unpaired) electrons. The number of benzene rings is 2. The van der Waals surface area contributed by atoms with Gasteiger partial charge in [0.25, 0.3) is 5.56 Å². The predicted octanol–water partition coefficient (Wildman–Crippen LogP) is 4.84. The Bertz CT molecular complexity index is 1380. The second-order valence-electron chi connectivity index (χ2n) is 9.02. The van der Waals surface area contributed by atoms with Crippen molar-refractivity contribution in [3.63, 3.8) is 0 Å². The molecule has 0 bridgehead atoms. The van der Waals surface area contributed by atoms with E-state index in [1.165, 1.54) is 6.42 Å². The van der Waals surface area contributed by atoms with Crippen LogP contribution in [0.2, 0.25) is 0 Å². The summed E-state index contributed by atoms with van der Waals surface area (Å²) in [5, 5.41) is 3.45. The largest absolute Gasteiger partial charge is 0.497 e. The maximum absolute atomic E-state index is 14.0. The van der Waals surface area contributed by atoms with Gasteiger partial charge in [-0.3, -0.25) is 9.89 Å². The number of rotatable bonds is 3. The van der Waals surface area contributed by atoms with E-state index in [0.717, 1.165) is 90.4 Å². The number of nitrogens with zero attached hydrogens (tertiary/aromatic N) is 3. The zero-order chi connectivity index (χ0) is 22.4. The van der Waals surface area contributed by atoms with Gasteiger partial charge >= 0.3 is 0 Å². The molecule has 1 aliphatic carbocycles. The van der Waals surface area contributed by atoms with Gasteiger partial charge in [0.05, 0.1) is 24.1 Å². The van der Waals surface area contributed by atoms with Crippen LogP contribution in [0, 0.1) is 0 Å². The first-order chi connectivity index (χ1) is 16.2. The molecule has 33 heavy (non-hydrogen) atoms. The molecular weight excluding hydrogens is 412 g/mol. The van der Waals surface area contributed by atoms with Crippen molar-refractivity contribution in [1.29, 1.82) is 0 Å². The maximum Gasteiger partial charge on any atom is 0.280 e. The van der Waals surface area contributed by atoms with Gasteiger partial charge in [0.2, 0.25) is 0 Å². The monoisotopic (exact) mass is 440 g/mol. The Hall–Kier alpha value is -3.54. The maximum atomic E-state index is 14.0. The molecule has 6 nitrogen and oxygen atoms in total. The van der Waals surface area contributed by atoms with Crippen molar-refractivity contribution < 1.29 is 4.74 Å². The van der Waals surface area contributed by atoms with Crippen LogP contribution in [0.1, 0.15) is 36.9 Å². The van der Waals surface area contributed by atoms with Crippen molar-refractivity contribution in [3.8, 4) is 28.1 Å². The zero-order valence-corrected chi connectivity index (χ0v) is 18.9. The summed E-state index contributed by atoms with van der Waals surface area (Å²) >= 11 is 0. The Morgan fingerprint density at radius 2 is 1.79 bits per heavy atom. The molecule has 0 spiro atoms. The van der Waals surface area contributed by atoms with E-state index < -0.39 is 0 Å². The molecule has 3 heterocycles. The minimum absolute atomic E-state index is 0.0243. The lowest BCUT2D eigenvalue weighted by Crippen LogP contribution is -2.30. The molecule has 1 saturated heterocycles. The average molecular weight is 441 g/mol. The third-order valence-electron chi connectivity index (χ3n) is 7.01. The third-order valence-corrected chi connectivity index (χ3v) is 7.01. The first-order valence-electron chi connectivity index (χ1n) is 11.9. The molecular formula is C27H28N4O2. The summed E-state index contributed by atoms with van der Waals surface area (Å²) in [6, 6.07) is 16.3. The Balaban J connectivity index is 1.63. The number of fused-ring (bicyclic) bond motifs is 4. The summed E-state index contributed by atoms with van der Waals surface area (Å²) in [7, 11) is 1.68. The third kappa shape index (κ3) is 3.32. The van der Waals surface area contributed by atoms with Gasteiger partial charge in [-0.05, 0) is 61.8 Å². The van der Waals surface area contributed by atoms with Crippen LogP contribution in [0.5, 0.6) is 5.75 Å². The van der Waals surface area contributed by atoms with Crippen LogP contribution in [0.4, 0.5) is 5.69 Å². The summed E-state index contributed by atoms with van der Waals surface area (Å²) < 4.78 is 7.11. The standard InChI is InChI=1S/C27H28N4O2/c1-33-20-13-14-21-19(17-20)11-8-12-22-23(21)27(32)31-26(28-22)25(30-15-6-3-7-16-30)24(29-31)18-9-4-2-5-10-18/h2,4-5,9-10,13-14,17,29H,3,6-8,11-12,15-16H2,1H3. The molecule has 1 N–H and O–H groups in total. The molecule has 2 aromatic carbocycles. The van der Waals surface area contributed by atoms with Crippen molar-refractivity contribution in [2.45, 2.75) is 38.5 Å². The van der Waals surface area contributed by atoms with Crippen LogP contribution < -0.4 is 15.2 Å². The molecule has 1 aliphatic heterocycles. The Kier molecular flexibility index (Phi) is 4.93.